The van der Waals surface area contributed by atoms with E-state index in [2.05, 4.69) is 36.1 Å². The molecule has 2 saturated carbocycles. The molecule has 0 bridgehead atoms. The number of hydrogen-bond donors (Lipinski definition) is 0. The Hall–Kier alpha value is -0.930. The molecule has 2 atom stereocenters. The van der Waals surface area contributed by atoms with Crippen LogP contribution in [0.25, 0.3) is 0 Å². The zero-order chi connectivity index (χ0) is 10.3. The molecule has 0 spiro atoms. The predicted molar refractivity (Wildman–Crippen MR) is 62.9 cm³/mol. The molecule has 0 unspecified atom stereocenters. The fourth-order valence-corrected chi connectivity index (χ4v) is 2.23. The Morgan fingerprint density at radius 1 is 1.20 bits per heavy atom. The highest BCUT2D eigenvalue weighted by Gasteiger charge is 2.52. The highest BCUT2D eigenvalue weighted by atomic mass is 35.5. The molecule has 3 rings (SSSR count). The minimum atomic E-state index is -0.246. The normalized spacial score (nSPS) is 33.0. The van der Waals surface area contributed by atoms with Gasteiger partial charge in [0.05, 0.1) is 0 Å². The lowest BCUT2D eigenvalue weighted by atomic mass is 10.1. The quantitative estimate of drug-likeness (QED) is 0.498. The summed E-state index contributed by atoms with van der Waals surface area (Å²) in [4.78, 5) is -0.246. The summed E-state index contributed by atoms with van der Waals surface area (Å²) in [6, 6.07) is 10.5. The molecule has 0 amide bonds. The van der Waals surface area contributed by atoms with Gasteiger partial charge in [-0.05, 0) is 24.8 Å². The second-order valence-electron chi connectivity index (χ2n) is 4.57. The Balaban J connectivity index is 1.75. The maximum absolute atomic E-state index is 6.44. The van der Waals surface area contributed by atoms with Crippen molar-refractivity contribution in [3.8, 4) is 11.8 Å². The summed E-state index contributed by atoms with van der Waals surface area (Å²) in [5.41, 5.74) is 1.33. The molecule has 76 valence electrons. The van der Waals surface area contributed by atoms with Gasteiger partial charge in [0.15, 0.2) is 0 Å². The topological polar surface area (TPSA) is 0 Å². The van der Waals surface area contributed by atoms with Gasteiger partial charge in [0.25, 0.3) is 0 Å². The first-order valence-corrected chi connectivity index (χ1v) is 5.92. The second kappa shape index (κ2) is 3.29. The molecule has 1 aromatic rings. The summed E-state index contributed by atoms with van der Waals surface area (Å²) in [6.07, 6.45) is 3.56. The summed E-state index contributed by atoms with van der Waals surface area (Å²) in [7, 11) is 0. The van der Waals surface area contributed by atoms with Crippen LogP contribution in [0.2, 0.25) is 0 Å². The molecular formula is C14H13Cl. The van der Waals surface area contributed by atoms with Crippen molar-refractivity contribution in [3.63, 3.8) is 0 Å². The maximum Gasteiger partial charge on any atom is 0.112 e. The molecule has 0 saturated heterocycles. The highest BCUT2D eigenvalue weighted by molar-refractivity contribution is 6.29. The Morgan fingerprint density at radius 3 is 2.60 bits per heavy atom. The molecular weight excluding hydrogens is 204 g/mol. The number of benzene rings is 1. The SMILES string of the molecule is Cl[C@@]1(C#CC2CC2)C[C@H]1c1ccccc1. The molecule has 1 heteroatoms. The molecule has 0 N–H and O–H groups in total. The van der Waals surface area contributed by atoms with Gasteiger partial charge >= 0.3 is 0 Å². The van der Waals surface area contributed by atoms with Crippen LogP contribution in [-0.2, 0) is 0 Å². The van der Waals surface area contributed by atoms with Crippen molar-refractivity contribution in [2.24, 2.45) is 5.92 Å². The van der Waals surface area contributed by atoms with E-state index in [1.54, 1.807) is 0 Å². The van der Waals surface area contributed by atoms with Gasteiger partial charge in [-0.2, -0.15) is 0 Å². The Bertz CT molecular complexity index is 422. The van der Waals surface area contributed by atoms with Crippen LogP contribution in [-0.4, -0.2) is 4.87 Å². The number of hydrogen-bond acceptors (Lipinski definition) is 0. The number of halogens is 1. The molecule has 2 aliphatic rings. The van der Waals surface area contributed by atoms with Gasteiger partial charge in [-0.1, -0.05) is 42.2 Å². The Kier molecular flexibility index (Phi) is 2.04. The standard InChI is InChI=1S/C14H13Cl/c15-14(9-8-11-6-7-11)10-13(14)12-4-2-1-3-5-12/h1-5,11,13H,6-7,10H2/t13-,14-/m0/s1. The summed E-state index contributed by atoms with van der Waals surface area (Å²) in [5.74, 6) is 7.64. The Labute approximate surface area is 95.6 Å². The zero-order valence-electron chi connectivity index (χ0n) is 8.54. The predicted octanol–water partition coefficient (Wildman–Crippen LogP) is 3.56. The lowest BCUT2D eigenvalue weighted by molar-refractivity contribution is 1.06. The first-order valence-electron chi connectivity index (χ1n) is 5.54. The van der Waals surface area contributed by atoms with Gasteiger partial charge in [0.1, 0.15) is 4.87 Å². The third-order valence-corrected chi connectivity index (χ3v) is 3.67. The summed E-state index contributed by atoms with van der Waals surface area (Å²) in [5, 5.41) is 0. The number of rotatable bonds is 1. The van der Waals surface area contributed by atoms with E-state index in [0.29, 0.717) is 11.8 Å². The van der Waals surface area contributed by atoms with E-state index in [4.69, 9.17) is 11.6 Å². The van der Waals surface area contributed by atoms with Crippen LogP contribution in [0.15, 0.2) is 30.3 Å². The smallest absolute Gasteiger partial charge is 0.104 e. The summed E-state index contributed by atoms with van der Waals surface area (Å²) in [6.45, 7) is 0. The van der Waals surface area contributed by atoms with Gasteiger partial charge in [-0.25, -0.2) is 0 Å². The van der Waals surface area contributed by atoms with Gasteiger partial charge < -0.3 is 0 Å². The third-order valence-electron chi connectivity index (χ3n) is 3.16. The average Bonchev–Trinajstić information content (AvgIpc) is 3.13. The first kappa shape index (κ1) is 9.31. The number of alkyl halides is 1. The largest absolute Gasteiger partial charge is 0.112 e. The fourth-order valence-electron chi connectivity index (χ4n) is 1.89. The lowest BCUT2D eigenvalue weighted by Crippen LogP contribution is -1.97. The molecule has 0 aromatic heterocycles. The van der Waals surface area contributed by atoms with Crippen molar-refractivity contribution in [1.29, 1.82) is 0 Å². The van der Waals surface area contributed by atoms with Gasteiger partial charge in [-0.3, -0.25) is 0 Å². The summed E-state index contributed by atoms with van der Waals surface area (Å²) >= 11 is 6.44. The van der Waals surface area contributed by atoms with Crippen molar-refractivity contribution >= 4 is 11.6 Å². The molecule has 2 fully saturated rings. The van der Waals surface area contributed by atoms with Crippen molar-refractivity contribution in [1.82, 2.24) is 0 Å². The minimum Gasteiger partial charge on any atom is -0.104 e. The van der Waals surface area contributed by atoms with E-state index in [-0.39, 0.29) is 4.87 Å². The molecule has 1 aromatic carbocycles. The van der Waals surface area contributed by atoms with Crippen LogP contribution in [0.3, 0.4) is 0 Å². The fraction of sp³-hybridized carbons (Fsp3) is 0.429. The van der Waals surface area contributed by atoms with E-state index < -0.39 is 0 Å². The maximum atomic E-state index is 6.44. The first-order chi connectivity index (χ1) is 7.28. The van der Waals surface area contributed by atoms with Crippen LogP contribution >= 0.6 is 11.6 Å². The van der Waals surface area contributed by atoms with Crippen LogP contribution in [0.4, 0.5) is 0 Å². The zero-order valence-corrected chi connectivity index (χ0v) is 9.30. The monoisotopic (exact) mass is 216 g/mol. The average molecular weight is 217 g/mol. The molecule has 0 aliphatic heterocycles. The van der Waals surface area contributed by atoms with Crippen molar-refractivity contribution in [2.75, 3.05) is 0 Å². The van der Waals surface area contributed by atoms with Crippen LogP contribution in [0.5, 0.6) is 0 Å². The van der Waals surface area contributed by atoms with Gasteiger partial charge in [0, 0.05) is 11.8 Å². The van der Waals surface area contributed by atoms with Crippen LogP contribution in [0, 0.1) is 17.8 Å². The van der Waals surface area contributed by atoms with Crippen molar-refractivity contribution < 1.29 is 0 Å². The molecule has 0 nitrogen and oxygen atoms in total. The van der Waals surface area contributed by atoms with E-state index in [0.717, 1.165) is 6.42 Å². The second-order valence-corrected chi connectivity index (χ2v) is 5.25. The van der Waals surface area contributed by atoms with Crippen molar-refractivity contribution in [3.05, 3.63) is 35.9 Å². The van der Waals surface area contributed by atoms with E-state index in [1.165, 1.54) is 18.4 Å². The lowest BCUT2D eigenvalue weighted by Gasteiger charge is -2.00. The summed E-state index contributed by atoms with van der Waals surface area (Å²) < 4.78 is 0. The van der Waals surface area contributed by atoms with E-state index in [1.807, 2.05) is 6.07 Å². The molecule has 2 aliphatic carbocycles. The van der Waals surface area contributed by atoms with Crippen LogP contribution < -0.4 is 0 Å². The van der Waals surface area contributed by atoms with E-state index >= 15 is 0 Å². The van der Waals surface area contributed by atoms with Crippen LogP contribution in [0.1, 0.15) is 30.7 Å². The highest BCUT2D eigenvalue weighted by Crippen LogP contribution is 2.56. The molecule has 0 heterocycles. The minimum absolute atomic E-state index is 0.246. The Morgan fingerprint density at radius 2 is 1.93 bits per heavy atom. The van der Waals surface area contributed by atoms with E-state index in [9.17, 15) is 0 Å². The molecule has 15 heavy (non-hydrogen) atoms. The van der Waals surface area contributed by atoms with Crippen molar-refractivity contribution in [2.45, 2.75) is 30.1 Å². The molecule has 0 radical (unpaired) electrons. The van der Waals surface area contributed by atoms with Gasteiger partial charge in [0.2, 0.25) is 0 Å². The third kappa shape index (κ3) is 1.90. The van der Waals surface area contributed by atoms with Gasteiger partial charge in [-0.15, -0.1) is 11.6 Å².